The number of carbonyl (C=O) groups excluding carboxylic acids is 1. The van der Waals surface area contributed by atoms with Gasteiger partial charge in [0.2, 0.25) is 5.91 Å². The number of hydrogen-bond acceptors (Lipinski definition) is 5. The number of carboxylic acid groups (broad SMARTS) is 1. The largest absolute Gasteiger partial charge is 0.497 e. The molecule has 7 nitrogen and oxygen atoms in total. The lowest BCUT2D eigenvalue weighted by Crippen LogP contribution is -2.42. The molecule has 0 spiro atoms. The van der Waals surface area contributed by atoms with Gasteiger partial charge in [0.1, 0.15) is 11.5 Å². The third-order valence-electron chi connectivity index (χ3n) is 4.50. The van der Waals surface area contributed by atoms with Crippen molar-refractivity contribution < 1.29 is 24.2 Å². The van der Waals surface area contributed by atoms with Crippen molar-refractivity contribution in [3.63, 3.8) is 0 Å². The van der Waals surface area contributed by atoms with E-state index in [1.54, 1.807) is 7.11 Å². The molecule has 2 N–H and O–H groups in total. The second kappa shape index (κ2) is 14.7. The Morgan fingerprint density at radius 3 is 2.17 bits per heavy atom. The number of aliphatic carboxylic acids is 1. The second-order valence-corrected chi connectivity index (χ2v) is 7.52. The summed E-state index contributed by atoms with van der Waals surface area (Å²) in [4.78, 5) is 24.8. The summed E-state index contributed by atoms with van der Waals surface area (Å²) in [7, 11) is 5.37. The molecule has 1 aromatic rings. The Bertz CT molecular complexity index is 589. The summed E-state index contributed by atoms with van der Waals surface area (Å²) in [5, 5.41) is 11.8. The van der Waals surface area contributed by atoms with Crippen LogP contribution < -0.4 is 14.8 Å². The molecular weight excluding hydrogens is 372 g/mol. The van der Waals surface area contributed by atoms with Gasteiger partial charge in [-0.25, -0.2) is 0 Å². The molecule has 0 aromatic heterocycles. The van der Waals surface area contributed by atoms with Crippen molar-refractivity contribution in [1.82, 2.24) is 10.2 Å². The van der Waals surface area contributed by atoms with Crippen LogP contribution >= 0.6 is 0 Å². The van der Waals surface area contributed by atoms with E-state index in [4.69, 9.17) is 14.6 Å². The van der Waals surface area contributed by atoms with Gasteiger partial charge in [-0.15, -0.1) is 0 Å². The highest BCUT2D eigenvalue weighted by atomic mass is 16.5. The average molecular weight is 409 g/mol. The first-order valence-corrected chi connectivity index (χ1v) is 10.3. The fourth-order valence-electron chi connectivity index (χ4n) is 3.07. The zero-order chi connectivity index (χ0) is 21.5. The zero-order valence-electron chi connectivity index (χ0n) is 18.0. The van der Waals surface area contributed by atoms with Crippen LogP contribution in [0, 0.1) is 0 Å². The molecule has 0 aliphatic heterocycles. The molecule has 0 aliphatic carbocycles. The monoisotopic (exact) mass is 408 g/mol. The summed E-state index contributed by atoms with van der Waals surface area (Å²) in [6.07, 6.45) is 6.55. The molecular formula is C22H36N2O5. The lowest BCUT2D eigenvalue weighted by molar-refractivity contribution is -0.137. The van der Waals surface area contributed by atoms with Crippen molar-refractivity contribution >= 4 is 11.9 Å². The molecule has 0 saturated heterocycles. The van der Waals surface area contributed by atoms with E-state index in [1.165, 1.54) is 0 Å². The van der Waals surface area contributed by atoms with Crippen molar-refractivity contribution in [3.05, 3.63) is 24.3 Å². The Morgan fingerprint density at radius 2 is 1.59 bits per heavy atom. The smallest absolute Gasteiger partial charge is 0.305 e. The number of nitrogens with one attached hydrogen (secondary N) is 1. The molecule has 0 heterocycles. The molecule has 1 aromatic carbocycles. The number of benzene rings is 1. The Hall–Kier alpha value is -2.28. The minimum Gasteiger partial charge on any atom is -0.497 e. The van der Waals surface area contributed by atoms with Crippen LogP contribution in [0.5, 0.6) is 11.5 Å². The van der Waals surface area contributed by atoms with Gasteiger partial charge in [0.15, 0.2) is 0 Å². The molecule has 1 amide bonds. The van der Waals surface area contributed by atoms with Crippen LogP contribution in [0.25, 0.3) is 0 Å². The molecule has 0 bridgehead atoms. The van der Waals surface area contributed by atoms with Crippen molar-refractivity contribution in [3.8, 4) is 11.5 Å². The van der Waals surface area contributed by atoms with Gasteiger partial charge < -0.3 is 24.8 Å². The van der Waals surface area contributed by atoms with E-state index in [0.29, 0.717) is 19.6 Å². The first kappa shape index (κ1) is 24.8. The fraction of sp³-hybridized carbons (Fsp3) is 0.636. The standard InChI is InChI=1S/C22H36N2O5/c1-24(2)17-18(16-22(26)27)23-21(25)10-8-6-4-5-7-9-15-29-20-13-11-19(28-3)12-14-20/h11-14,18H,4-10,15-17H2,1-3H3,(H,23,25)(H,26,27)/t18-/m1/s1. The molecule has 0 saturated carbocycles. The van der Waals surface area contributed by atoms with Crippen molar-refractivity contribution in [2.75, 3.05) is 34.4 Å². The molecule has 1 rings (SSSR count). The van der Waals surface area contributed by atoms with E-state index in [-0.39, 0.29) is 18.4 Å². The van der Waals surface area contributed by atoms with Gasteiger partial charge in [0, 0.05) is 13.0 Å². The molecule has 0 fully saturated rings. The molecule has 1 atom stereocenters. The number of amides is 1. The molecule has 0 aliphatic rings. The van der Waals surface area contributed by atoms with Crippen molar-refractivity contribution in [2.45, 2.75) is 57.4 Å². The quantitative estimate of drug-likeness (QED) is 0.408. The van der Waals surface area contributed by atoms with Gasteiger partial charge in [-0.2, -0.15) is 0 Å². The summed E-state index contributed by atoms with van der Waals surface area (Å²) in [6.45, 7) is 1.22. The predicted octanol–water partition coefficient (Wildman–Crippen LogP) is 3.33. The first-order valence-electron chi connectivity index (χ1n) is 10.3. The molecule has 29 heavy (non-hydrogen) atoms. The van der Waals surface area contributed by atoms with Crippen molar-refractivity contribution in [1.29, 1.82) is 0 Å². The second-order valence-electron chi connectivity index (χ2n) is 7.52. The number of hydrogen-bond donors (Lipinski definition) is 2. The number of carbonyl (C=O) groups is 2. The molecule has 7 heteroatoms. The van der Waals surface area contributed by atoms with Gasteiger partial charge in [-0.05, 0) is 51.2 Å². The van der Waals surface area contributed by atoms with E-state index in [9.17, 15) is 9.59 Å². The van der Waals surface area contributed by atoms with Crippen LogP contribution in [0.4, 0.5) is 0 Å². The SMILES string of the molecule is COc1ccc(OCCCCCCCCC(=O)N[C@H](CC(=O)O)CN(C)C)cc1. The number of carboxylic acids is 1. The summed E-state index contributed by atoms with van der Waals surface area (Å²) in [6, 6.07) is 7.24. The number of unbranched alkanes of at least 4 members (excludes halogenated alkanes) is 5. The summed E-state index contributed by atoms with van der Waals surface area (Å²) in [5.41, 5.74) is 0. The van der Waals surface area contributed by atoms with Crippen LogP contribution in [-0.4, -0.2) is 62.3 Å². The van der Waals surface area contributed by atoms with Crippen LogP contribution in [-0.2, 0) is 9.59 Å². The highest BCUT2D eigenvalue weighted by molar-refractivity contribution is 5.77. The Morgan fingerprint density at radius 1 is 1.00 bits per heavy atom. The van der Waals surface area contributed by atoms with E-state index >= 15 is 0 Å². The topological polar surface area (TPSA) is 88.1 Å². The highest BCUT2D eigenvalue weighted by Gasteiger charge is 2.16. The van der Waals surface area contributed by atoms with E-state index in [1.807, 2.05) is 43.3 Å². The Balaban J connectivity index is 2.03. The van der Waals surface area contributed by atoms with Gasteiger partial charge in [0.05, 0.1) is 26.2 Å². The summed E-state index contributed by atoms with van der Waals surface area (Å²) < 4.78 is 10.8. The normalized spacial score (nSPS) is 11.9. The molecule has 0 radical (unpaired) electrons. The predicted molar refractivity (Wildman–Crippen MR) is 114 cm³/mol. The van der Waals surface area contributed by atoms with Crippen LogP contribution in [0.15, 0.2) is 24.3 Å². The first-order chi connectivity index (χ1) is 13.9. The molecule has 0 unspecified atom stereocenters. The van der Waals surface area contributed by atoms with Gasteiger partial charge in [-0.1, -0.05) is 25.7 Å². The summed E-state index contributed by atoms with van der Waals surface area (Å²) >= 11 is 0. The van der Waals surface area contributed by atoms with Crippen LogP contribution in [0.1, 0.15) is 51.4 Å². The summed E-state index contributed by atoms with van der Waals surface area (Å²) in [5.74, 6) is 0.715. The van der Waals surface area contributed by atoms with Gasteiger partial charge >= 0.3 is 5.97 Å². The Kier molecular flexibility index (Phi) is 12.5. The fourth-order valence-corrected chi connectivity index (χ4v) is 3.07. The maximum absolute atomic E-state index is 12.0. The lowest BCUT2D eigenvalue weighted by atomic mass is 10.1. The maximum Gasteiger partial charge on any atom is 0.305 e. The van der Waals surface area contributed by atoms with E-state index in [0.717, 1.165) is 50.0 Å². The lowest BCUT2D eigenvalue weighted by Gasteiger charge is -2.20. The third-order valence-corrected chi connectivity index (χ3v) is 4.50. The Labute approximate surface area is 174 Å². The van der Waals surface area contributed by atoms with Crippen LogP contribution in [0.2, 0.25) is 0 Å². The zero-order valence-corrected chi connectivity index (χ0v) is 18.0. The van der Waals surface area contributed by atoms with Crippen LogP contribution in [0.3, 0.4) is 0 Å². The average Bonchev–Trinajstić information content (AvgIpc) is 2.66. The minimum absolute atomic E-state index is 0.0531. The number of likely N-dealkylation sites (N-methyl/N-ethyl adjacent to an activating group) is 1. The van der Waals surface area contributed by atoms with Gasteiger partial charge in [-0.3, -0.25) is 9.59 Å². The minimum atomic E-state index is -0.895. The number of methoxy groups -OCH3 is 1. The third kappa shape index (κ3) is 12.7. The van der Waals surface area contributed by atoms with E-state index in [2.05, 4.69) is 5.32 Å². The number of ether oxygens (including phenoxy) is 2. The van der Waals surface area contributed by atoms with Gasteiger partial charge in [0.25, 0.3) is 0 Å². The van der Waals surface area contributed by atoms with Crippen molar-refractivity contribution in [2.24, 2.45) is 0 Å². The number of nitrogens with zero attached hydrogens (tertiary/aromatic N) is 1. The maximum atomic E-state index is 12.0. The van der Waals surface area contributed by atoms with E-state index < -0.39 is 5.97 Å². The molecule has 164 valence electrons. The number of rotatable bonds is 16. The highest BCUT2D eigenvalue weighted by Crippen LogP contribution is 2.17.